The summed E-state index contributed by atoms with van der Waals surface area (Å²) in [5.74, 6) is 0.835. The van der Waals surface area contributed by atoms with E-state index in [2.05, 4.69) is 53.4 Å². The van der Waals surface area contributed by atoms with Crippen molar-refractivity contribution in [3.8, 4) is 0 Å². The lowest BCUT2D eigenvalue weighted by atomic mass is 9.90. The molecular formula is C24H30N4O. The highest BCUT2D eigenvalue weighted by molar-refractivity contribution is 6.01. The fourth-order valence-electron chi connectivity index (χ4n) is 3.49. The molecule has 0 atom stereocenters. The minimum atomic E-state index is 0.0703. The maximum Gasteiger partial charge on any atom is 0.228 e. The number of allylic oxidation sites excluding steroid dienone is 5. The molecule has 1 amide bonds. The number of benzene rings is 1. The summed E-state index contributed by atoms with van der Waals surface area (Å²) in [6.45, 7) is 12.3. The van der Waals surface area contributed by atoms with Crippen molar-refractivity contribution in [3.63, 3.8) is 0 Å². The summed E-state index contributed by atoms with van der Waals surface area (Å²) in [5, 5.41) is 11.4. The predicted molar refractivity (Wildman–Crippen MR) is 121 cm³/mol. The highest BCUT2D eigenvalue weighted by atomic mass is 16.2. The van der Waals surface area contributed by atoms with Crippen molar-refractivity contribution in [2.45, 2.75) is 54.4 Å². The van der Waals surface area contributed by atoms with E-state index in [1.807, 2.05) is 39.1 Å². The first kappa shape index (κ1) is 20.8. The lowest BCUT2D eigenvalue weighted by molar-refractivity contribution is -0.121. The van der Waals surface area contributed by atoms with Crippen LogP contribution in [-0.2, 0) is 4.79 Å². The van der Waals surface area contributed by atoms with Crippen molar-refractivity contribution in [1.29, 1.82) is 0 Å². The van der Waals surface area contributed by atoms with Crippen LogP contribution in [0.1, 0.15) is 55.9 Å². The Morgan fingerprint density at radius 2 is 1.86 bits per heavy atom. The average molecular weight is 391 g/mol. The molecule has 0 radical (unpaired) electrons. The smallest absolute Gasteiger partial charge is 0.228 e. The Kier molecular flexibility index (Phi) is 6.16. The fraction of sp³-hybridized carbons (Fsp3) is 0.375. The van der Waals surface area contributed by atoms with Crippen LogP contribution in [0.2, 0.25) is 0 Å². The van der Waals surface area contributed by atoms with Gasteiger partial charge in [0.2, 0.25) is 5.91 Å². The quantitative estimate of drug-likeness (QED) is 0.519. The second kappa shape index (κ2) is 8.60. The standard InChI is InChI=1S/C24H30N4O/c1-7-18(22-16(5)15(4)17(6)23-20(22)13-25-28-23)10-9-14(3)26-21(8-2)27-24(29)19-11-12-19/h7-10,13,19H,11-12H2,1-6H3,(H,25,28)(H,27,29)/b10-9-,18-7+,21-8+,26-14+. The Labute approximate surface area is 172 Å². The summed E-state index contributed by atoms with van der Waals surface area (Å²) >= 11 is 0. The van der Waals surface area contributed by atoms with Gasteiger partial charge in [0.05, 0.1) is 11.7 Å². The monoisotopic (exact) mass is 390 g/mol. The van der Waals surface area contributed by atoms with Crippen LogP contribution in [0.25, 0.3) is 16.5 Å². The molecule has 0 unspecified atom stereocenters. The van der Waals surface area contributed by atoms with Gasteiger partial charge >= 0.3 is 0 Å². The molecular weight excluding hydrogens is 360 g/mol. The van der Waals surface area contributed by atoms with Gasteiger partial charge in [-0.05, 0) is 94.4 Å². The van der Waals surface area contributed by atoms with Crippen LogP contribution in [0.5, 0.6) is 0 Å². The van der Waals surface area contributed by atoms with Crippen molar-refractivity contribution in [3.05, 3.63) is 58.6 Å². The van der Waals surface area contributed by atoms with Gasteiger partial charge in [-0.2, -0.15) is 5.10 Å². The van der Waals surface area contributed by atoms with Crippen LogP contribution in [-0.4, -0.2) is 21.8 Å². The first-order valence-electron chi connectivity index (χ1n) is 10.2. The summed E-state index contributed by atoms with van der Waals surface area (Å²) in [5.41, 5.74) is 7.99. The molecule has 29 heavy (non-hydrogen) atoms. The van der Waals surface area contributed by atoms with Gasteiger partial charge in [-0.1, -0.05) is 12.2 Å². The molecule has 0 bridgehead atoms. The number of aromatic nitrogens is 2. The zero-order valence-electron chi connectivity index (χ0n) is 18.2. The molecule has 2 aromatic rings. The number of H-pyrrole nitrogens is 1. The molecule has 1 aromatic carbocycles. The van der Waals surface area contributed by atoms with E-state index in [9.17, 15) is 4.79 Å². The van der Waals surface area contributed by atoms with Gasteiger partial charge in [0.1, 0.15) is 5.82 Å². The van der Waals surface area contributed by atoms with E-state index in [0.717, 1.165) is 35.0 Å². The molecule has 1 saturated carbocycles. The van der Waals surface area contributed by atoms with Gasteiger partial charge in [0, 0.05) is 17.0 Å². The molecule has 152 valence electrons. The maximum absolute atomic E-state index is 12.0. The third-order valence-corrected chi connectivity index (χ3v) is 5.66. The van der Waals surface area contributed by atoms with Crippen LogP contribution in [0.15, 0.2) is 41.3 Å². The molecule has 1 aliphatic carbocycles. The number of amides is 1. The van der Waals surface area contributed by atoms with Crippen molar-refractivity contribution in [2.24, 2.45) is 10.9 Å². The second-order valence-electron chi connectivity index (χ2n) is 7.68. The van der Waals surface area contributed by atoms with Crippen LogP contribution >= 0.6 is 0 Å². The van der Waals surface area contributed by atoms with Gasteiger partial charge in [-0.3, -0.25) is 9.89 Å². The van der Waals surface area contributed by atoms with Crippen molar-refractivity contribution in [2.75, 3.05) is 0 Å². The van der Waals surface area contributed by atoms with Gasteiger partial charge in [-0.15, -0.1) is 0 Å². The molecule has 2 N–H and O–H groups in total. The number of hydrogen-bond donors (Lipinski definition) is 2. The number of rotatable bonds is 6. The summed E-state index contributed by atoms with van der Waals surface area (Å²) in [6.07, 6.45) is 11.9. The summed E-state index contributed by atoms with van der Waals surface area (Å²) in [6, 6.07) is 0. The number of aliphatic imine (C=N–C) groups is 1. The van der Waals surface area contributed by atoms with Gasteiger partial charge in [0.15, 0.2) is 0 Å². The van der Waals surface area contributed by atoms with Gasteiger partial charge in [0.25, 0.3) is 0 Å². The molecule has 1 aromatic heterocycles. The number of fused-ring (bicyclic) bond motifs is 1. The Balaban J connectivity index is 1.88. The SMILES string of the molecule is C\C=C(/N=C(C)/C=C\C(=C/C)c1c(C)c(C)c(C)c2[nH]ncc12)NC(=O)C1CC1. The molecule has 0 aliphatic heterocycles. The van der Waals surface area contributed by atoms with Crippen LogP contribution < -0.4 is 5.32 Å². The Morgan fingerprint density at radius 3 is 2.48 bits per heavy atom. The minimum absolute atomic E-state index is 0.0703. The first-order valence-corrected chi connectivity index (χ1v) is 10.2. The molecule has 0 saturated heterocycles. The molecule has 5 nitrogen and oxygen atoms in total. The summed E-state index contributed by atoms with van der Waals surface area (Å²) in [4.78, 5) is 16.6. The predicted octanol–water partition coefficient (Wildman–Crippen LogP) is 5.30. The highest BCUT2D eigenvalue weighted by Crippen LogP contribution is 2.33. The zero-order valence-corrected chi connectivity index (χ0v) is 18.2. The van der Waals surface area contributed by atoms with Gasteiger partial charge < -0.3 is 5.32 Å². The molecule has 1 aliphatic rings. The van der Waals surface area contributed by atoms with E-state index >= 15 is 0 Å². The third kappa shape index (κ3) is 4.39. The zero-order chi connectivity index (χ0) is 21.1. The minimum Gasteiger partial charge on any atom is -0.311 e. The Bertz CT molecular complexity index is 1060. The molecule has 1 fully saturated rings. The van der Waals surface area contributed by atoms with Crippen LogP contribution in [0.3, 0.4) is 0 Å². The van der Waals surface area contributed by atoms with Crippen molar-refractivity contribution < 1.29 is 4.79 Å². The van der Waals surface area contributed by atoms with Crippen LogP contribution in [0, 0.1) is 26.7 Å². The van der Waals surface area contributed by atoms with E-state index in [1.54, 1.807) is 0 Å². The molecule has 1 heterocycles. The largest absolute Gasteiger partial charge is 0.311 e. The molecule has 0 spiro atoms. The molecule has 3 rings (SSSR count). The van der Waals surface area contributed by atoms with E-state index in [4.69, 9.17) is 0 Å². The second-order valence-corrected chi connectivity index (χ2v) is 7.68. The normalized spacial score (nSPS) is 16.1. The topological polar surface area (TPSA) is 70.1 Å². The van der Waals surface area contributed by atoms with Crippen molar-refractivity contribution in [1.82, 2.24) is 15.5 Å². The fourth-order valence-corrected chi connectivity index (χ4v) is 3.49. The number of aromatic amines is 1. The number of nitrogens with zero attached hydrogens (tertiary/aromatic N) is 2. The number of aryl methyl sites for hydroxylation is 1. The average Bonchev–Trinajstić information content (AvgIpc) is 3.45. The van der Waals surface area contributed by atoms with E-state index in [-0.39, 0.29) is 11.8 Å². The third-order valence-electron chi connectivity index (χ3n) is 5.66. The lowest BCUT2D eigenvalue weighted by Crippen LogP contribution is -2.23. The number of carbonyl (C=O) groups excluding carboxylic acids is 1. The number of nitrogens with one attached hydrogen (secondary N) is 2. The number of carbonyl (C=O) groups is 1. The Hall–Kier alpha value is -2.95. The molecule has 5 heteroatoms. The summed E-state index contributed by atoms with van der Waals surface area (Å²) < 4.78 is 0. The van der Waals surface area contributed by atoms with Gasteiger partial charge in [-0.25, -0.2) is 4.99 Å². The summed E-state index contributed by atoms with van der Waals surface area (Å²) in [7, 11) is 0. The Morgan fingerprint density at radius 1 is 1.14 bits per heavy atom. The lowest BCUT2D eigenvalue weighted by Gasteiger charge is -2.14. The van der Waals surface area contributed by atoms with Crippen LogP contribution in [0.4, 0.5) is 0 Å². The maximum atomic E-state index is 12.0. The van der Waals surface area contributed by atoms with E-state index in [0.29, 0.717) is 5.82 Å². The highest BCUT2D eigenvalue weighted by Gasteiger charge is 2.29. The number of hydrogen-bond acceptors (Lipinski definition) is 3. The van der Waals surface area contributed by atoms with E-state index < -0.39 is 0 Å². The van der Waals surface area contributed by atoms with Crippen molar-refractivity contribution >= 4 is 28.1 Å². The van der Waals surface area contributed by atoms with E-state index in [1.165, 1.54) is 22.3 Å². The first-order chi connectivity index (χ1) is 13.9.